The maximum atomic E-state index is 13.6. The molecule has 11 nitrogen and oxygen atoms in total. The van der Waals surface area contributed by atoms with Crippen LogP contribution < -0.4 is 38.6 Å². The van der Waals surface area contributed by atoms with Gasteiger partial charge in [-0.3, -0.25) is 14.4 Å². The topological polar surface area (TPSA) is 129 Å². The molecule has 0 amide bonds. The first-order valence-electron chi connectivity index (χ1n) is 10.1. The predicted octanol–water partition coefficient (Wildman–Crippen LogP) is 3.35. The van der Waals surface area contributed by atoms with E-state index in [4.69, 9.17) is 37.6 Å². The molecule has 1 heterocycles. The largest absolute Gasteiger partial charge is 0.493 e. The number of fused-ring (bicyclic) bond motifs is 1. The predicted molar refractivity (Wildman–Crippen MR) is 123 cm³/mol. The Morgan fingerprint density at radius 3 is 1.77 bits per heavy atom. The highest BCUT2D eigenvalue weighted by molar-refractivity contribution is 5.98. The Bertz CT molecular complexity index is 1350. The van der Waals surface area contributed by atoms with Crippen LogP contribution in [-0.2, 0) is 9.59 Å². The van der Waals surface area contributed by atoms with Crippen LogP contribution in [0.2, 0.25) is 0 Å². The minimum absolute atomic E-state index is 0.0136. The molecule has 186 valence electrons. The van der Waals surface area contributed by atoms with Gasteiger partial charge >= 0.3 is 11.9 Å². The van der Waals surface area contributed by atoms with Gasteiger partial charge in [0.1, 0.15) is 5.39 Å². The van der Waals surface area contributed by atoms with Crippen LogP contribution in [-0.4, -0.2) is 47.5 Å². The van der Waals surface area contributed by atoms with Gasteiger partial charge in [-0.15, -0.1) is 0 Å². The molecular weight excluding hydrogens is 464 g/mol. The lowest BCUT2D eigenvalue weighted by Gasteiger charge is -2.19. The van der Waals surface area contributed by atoms with E-state index in [0.29, 0.717) is 5.56 Å². The number of carbonyl (C=O) groups is 2. The molecule has 0 aliphatic rings. The SMILES string of the molecule is COc1ccc(-c2oc3c(OC)c(OC)c(OC)c(OC(C)=O)c3c(=O)c2OC)cc1OC(C)=O. The lowest BCUT2D eigenvalue weighted by molar-refractivity contribution is -0.132. The van der Waals surface area contributed by atoms with Crippen molar-refractivity contribution in [2.75, 3.05) is 35.5 Å². The fourth-order valence-electron chi connectivity index (χ4n) is 3.53. The first kappa shape index (κ1) is 25.2. The van der Waals surface area contributed by atoms with E-state index < -0.39 is 17.4 Å². The molecule has 0 atom stereocenters. The van der Waals surface area contributed by atoms with E-state index >= 15 is 0 Å². The second-order valence-corrected chi connectivity index (χ2v) is 6.98. The molecule has 0 saturated heterocycles. The number of methoxy groups -OCH3 is 5. The van der Waals surface area contributed by atoms with Crippen LogP contribution in [0.3, 0.4) is 0 Å². The summed E-state index contributed by atoms with van der Waals surface area (Å²) >= 11 is 0. The zero-order valence-corrected chi connectivity index (χ0v) is 20.2. The van der Waals surface area contributed by atoms with Crippen LogP contribution in [0.1, 0.15) is 13.8 Å². The standard InChI is InChI=1S/C24H24O11/c1-11(25)33-15-10-13(8-9-14(15)28-3)18-21(29-4)17(27)16-19(34-12(2)26)22(30-5)24(32-7)23(31-6)20(16)35-18/h8-10H,1-7H3. The monoisotopic (exact) mass is 488 g/mol. The van der Waals surface area contributed by atoms with E-state index in [1.807, 2.05) is 0 Å². The molecule has 1 aromatic heterocycles. The Morgan fingerprint density at radius 1 is 0.686 bits per heavy atom. The summed E-state index contributed by atoms with van der Waals surface area (Å²) in [6.45, 7) is 2.41. The molecule has 0 unspecified atom stereocenters. The van der Waals surface area contributed by atoms with Crippen molar-refractivity contribution in [3.05, 3.63) is 28.4 Å². The first-order chi connectivity index (χ1) is 16.7. The highest BCUT2D eigenvalue weighted by Gasteiger charge is 2.31. The van der Waals surface area contributed by atoms with Crippen LogP contribution >= 0.6 is 0 Å². The normalized spacial score (nSPS) is 10.5. The van der Waals surface area contributed by atoms with Gasteiger partial charge in [0.15, 0.2) is 28.6 Å². The van der Waals surface area contributed by atoms with Crippen molar-refractivity contribution in [1.29, 1.82) is 0 Å². The van der Waals surface area contributed by atoms with Crippen LogP contribution in [0.15, 0.2) is 27.4 Å². The molecule has 3 rings (SSSR count). The molecule has 0 radical (unpaired) electrons. The maximum Gasteiger partial charge on any atom is 0.308 e. The molecule has 0 N–H and O–H groups in total. The Balaban J connectivity index is 2.49. The average Bonchev–Trinajstić information content (AvgIpc) is 2.82. The van der Waals surface area contributed by atoms with Crippen LogP contribution in [0.5, 0.6) is 40.2 Å². The fraction of sp³-hybridized carbons (Fsp3) is 0.292. The van der Waals surface area contributed by atoms with Crippen molar-refractivity contribution in [2.24, 2.45) is 0 Å². The van der Waals surface area contributed by atoms with Gasteiger partial charge in [0.05, 0.1) is 35.5 Å². The lowest BCUT2D eigenvalue weighted by Crippen LogP contribution is -2.13. The molecule has 0 fully saturated rings. The molecule has 0 bridgehead atoms. The van der Waals surface area contributed by atoms with Gasteiger partial charge in [-0.25, -0.2) is 0 Å². The molecular formula is C24H24O11. The number of ether oxygens (including phenoxy) is 7. The molecule has 0 aliphatic heterocycles. The van der Waals surface area contributed by atoms with E-state index in [1.54, 1.807) is 6.07 Å². The lowest BCUT2D eigenvalue weighted by atomic mass is 10.1. The molecule has 3 aromatic rings. The number of rotatable bonds is 8. The Hall–Kier alpha value is -4.41. The van der Waals surface area contributed by atoms with Crippen LogP contribution in [0, 0.1) is 0 Å². The molecule has 35 heavy (non-hydrogen) atoms. The number of carbonyl (C=O) groups excluding carboxylic acids is 2. The van der Waals surface area contributed by atoms with Gasteiger partial charge in [0.2, 0.25) is 28.4 Å². The van der Waals surface area contributed by atoms with Crippen molar-refractivity contribution in [3.8, 4) is 51.6 Å². The van der Waals surface area contributed by atoms with Gasteiger partial charge in [-0.1, -0.05) is 0 Å². The average molecular weight is 488 g/mol. The highest BCUT2D eigenvalue weighted by Crippen LogP contribution is 2.51. The summed E-state index contributed by atoms with van der Waals surface area (Å²) < 4.78 is 43.5. The number of hydrogen-bond donors (Lipinski definition) is 0. The zero-order chi connectivity index (χ0) is 25.9. The summed E-state index contributed by atoms with van der Waals surface area (Å²) in [6, 6.07) is 4.57. The van der Waals surface area contributed by atoms with Crippen molar-refractivity contribution in [1.82, 2.24) is 0 Å². The summed E-state index contributed by atoms with van der Waals surface area (Å²) in [5, 5.41) is -0.163. The van der Waals surface area contributed by atoms with Gasteiger partial charge in [0.25, 0.3) is 0 Å². The summed E-state index contributed by atoms with van der Waals surface area (Å²) in [6.07, 6.45) is 0. The number of esters is 2. The minimum atomic E-state index is -0.708. The van der Waals surface area contributed by atoms with Crippen LogP contribution in [0.25, 0.3) is 22.3 Å². The second kappa shape index (κ2) is 10.2. The molecule has 0 saturated carbocycles. The van der Waals surface area contributed by atoms with Gasteiger partial charge < -0.3 is 37.6 Å². The minimum Gasteiger partial charge on any atom is -0.493 e. The first-order valence-corrected chi connectivity index (χ1v) is 10.1. The third kappa shape index (κ3) is 4.52. The molecule has 2 aromatic carbocycles. The zero-order valence-electron chi connectivity index (χ0n) is 20.2. The smallest absolute Gasteiger partial charge is 0.308 e. The fourth-order valence-corrected chi connectivity index (χ4v) is 3.53. The summed E-state index contributed by atoms with van der Waals surface area (Å²) in [5.74, 6) is -1.33. The third-order valence-corrected chi connectivity index (χ3v) is 4.86. The summed E-state index contributed by atoms with van der Waals surface area (Å²) in [5.41, 5.74) is -0.445. The molecule has 0 aliphatic carbocycles. The Kier molecular flexibility index (Phi) is 7.38. The number of benzene rings is 2. The van der Waals surface area contributed by atoms with E-state index in [1.165, 1.54) is 61.5 Å². The quantitative estimate of drug-likeness (QED) is 0.342. The second-order valence-electron chi connectivity index (χ2n) is 6.98. The van der Waals surface area contributed by atoms with E-state index in [0.717, 1.165) is 0 Å². The summed E-state index contributed by atoms with van der Waals surface area (Å²) in [4.78, 5) is 37.1. The maximum absolute atomic E-state index is 13.6. The Labute approximate surface area is 200 Å². The van der Waals surface area contributed by atoms with E-state index in [2.05, 4.69) is 0 Å². The van der Waals surface area contributed by atoms with Crippen molar-refractivity contribution in [2.45, 2.75) is 13.8 Å². The van der Waals surface area contributed by atoms with Crippen LogP contribution in [0.4, 0.5) is 0 Å². The van der Waals surface area contributed by atoms with Crippen molar-refractivity contribution >= 4 is 22.9 Å². The van der Waals surface area contributed by atoms with Crippen molar-refractivity contribution < 1.29 is 47.2 Å². The van der Waals surface area contributed by atoms with E-state index in [-0.39, 0.29) is 57.0 Å². The molecule has 11 heteroatoms. The molecule has 0 spiro atoms. The van der Waals surface area contributed by atoms with Gasteiger partial charge in [0, 0.05) is 19.4 Å². The summed E-state index contributed by atoms with van der Waals surface area (Å²) in [7, 11) is 6.71. The van der Waals surface area contributed by atoms with Crippen molar-refractivity contribution in [3.63, 3.8) is 0 Å². The number of hydrogen-bond acceptors (Lipinski definition) is 11. The third-order valence-electron chi connectivity index (χ3n) is 4.86. The highest BCUT2D eigenvalue weighted by atomic mass is 16.6. The van der Waals surface area contributed by atoms with E-state index in [9.17, 15) is 14.4 Å². The van der Waals surface area contributed by atoms with Gasteiger partial charge in [-0.05, 0) is 18.2 Å². The Morgan fingerprint density at radius 2 is 1.26 bits per heavy atom. The van der Waals surface area contributed by atoms with Gasteiger partial charge in [-0.2, -0.15) is 0 Å².